The van der Waals surface area contributed by atoms with Crippen molar-refractivity contribution in [3.8, 4) is 5.75 Å². The Hall–Kier alpha value is -3.29. The minimum Gasteiger partial charge on any atom is -0.482 e. The van der Waals surface area contributed by atoms with Crippen LogP contribution in [0, 0.1) is 0 Å². The molecule has 2 aliphatic heterocycles. The van der Waals surface area contributed by atoms with E-state index in [0.29, 0.717) is 13.1 Å². The number of anilines is 2. The Morgan fingerprint density at radius 3 is 2.71 bits per heavy atom. The van der Waals surface area contributed by atoms with E-state index < -0.39 is 0 Å². The van der Waals surface area contributed by atoms with Gasteiger partial charge in [0, 0.05) is 52.0 Å². The summed E-state index contributed by atoms with van der Waals surface area (Å²) in [5.74, 6) is 2.74. The zero-order valence-corrected chi connectivity index (χ0v) is 18.0. The van der Waals surface area contributed by atoms with Gasteiger partial charge in [-0.25, -0.2) is 4.98 Å². The van der Waals surface area contributed by atoms with Crippen LogP contribution in [0.15, 0.2) is 53.7 Å². The van der Waals surface area contributed by atoms with Crippen LogP contribution in [-0.4, -0.2) is 74.2 Å². The van der Waals surface area contributed by atoms with Crippen LogP contribution in [0.25, 0.3) is 0 Å². The van der Waals surface area contributed by atoms with Crippen molar-refractivity contribution >= 4 is 23.4 Å². The summed E-state index contributed by atoms with van der Waals surface area (Å²) in [6, 6.07) is 13.7. The highest BCUT2D eigenvalue weighted by molar-refractivity contribution is 5.97. The van der Waals surface area contributed by atoms with Crippen LogP contribution in [0.1, 0.15) is 13.3 Å². The van der Waals surface area contributed by atoms with Crippen molar-refractivity contribution in [2.45, 2.75) is 13.3 Å². The van der Waals surface area contributed by atoms with E-state index in [4.69, 9.17) is 9.73 Å². The number of hydrogen-bond donors (Lipinski definition) is 1. The number of rotatable bonds is 6. The second-order valence-corrected chi connectivity index (χ2v) is 7.55. The standard InChI is InChI=1S/C23H30N6O2/c1-2-24-23(28-16-14-27(15-17-28)21-10-5-6-11-25-21)26-12-7-13-29-19-8-3-4-9-20(19)31-18-22(29)30/h3-6,8-11H,2,7,12-18H2,1H3,(H,24,26). The van der Waals surface area contributed by atoms with Gasteiger partial charge in [-0.05, 0) is 37.6 Å². The van der Waals surface area contributed by atoms with E-state index in [2.05, 4.69) is 33.1 Å². The molecule has 0 atom stereocenters. The highest BCUT2D eigenvalue weighted by atomic mass is 16.5. The van der Waals surface area contributed by atoms with E-state index >= 15 is 0 Å². The van der Waals surface area contributed by atoms with Gasteiger partial charge < -0.3 is 24.8 Å². The number of carbonyl (C=O) groups is 1. The Morgan fingerprint density at radius 1 is 1.13 bits per heavy atom. The summed E-state index contributed by atoms with van der Waals surface area (Å²) in [5, 5.41) is 3.41. The van der Waals surface area contributed by atoms with Gasteiger partial charge in [0.25, 0.3) is 5.91 Å². The maximum Gasteiger partial charge on any atom is 0.265 e. The first-order chi connectivity index (χ1) is 15.3. The number of carbonyl (C=O) groups excluding carboxylic acids is 1. The van der Waals surface area contributed by atoms with Gasteiger partial charge in [-0.15, -0.1) is 0 Å². The molecule has 1 saturated heterocycles. The van der Waals surface area contributed by atoms with Crippen LogP contribution in [0.5, 0.6) is 5.75 Å². The molecule has 1 aromatic heterocycles. The Balaban J connectivity index is 1.31. The number of aliphatic imine (C=N–C) groups is 1. The molecule has 1 amide bonds. The van der Waals surface area contributed by atoms with E-state index in [0.717, 1.165) is 62.4 Å². The lowest BCUT2D eigenvalue weighted by molar-refractivity contribution is -0.121. The number of piperazine rings is 1. The van der Waals surface area contributed by atoms with Gasteiger partial charge in [-0.1, -0.05) is 18.2 Å². The number of guanidine groups is 1. The minimum atomic E-state index is 0.000213. The third-order valence-electron chi connectivity index (χ3n) is 5.50. The molecular weight excluding hydrogens is 392 g/mol. The lowest BCUT2D eigenvalue weighted by Gasteiger charge is -2.37. The fraction of sp³-hybridized carbons (Fsp3) is 0.435. The molecule has 2 aromatic rings. The number of fused-ring (bicyclic) bond motifs is 1. The van der Waals surface area contributed by atoms with Gasteiger partial charge in [-0.2, -0.15) is 0 Å². The molecule has 8 nitrogen and oxygen atoms in total. The normalized spacial score (nSPS) is 16.7. The predicted octanol–water partition coefficient (Wildman–Crippen LogP) is 1.98. The molecule has 8 heteroatoms. The molecule has 0 unspecified atom stereocenters. The topological polar surface area (TPSA) is 73.3 Å². The number of pyridine rings is 1. The fourth-order valence-corrected chi connectivity index (χ4v) is 3.93. The van der Waals surface area contributed by atoms with Crippen molar-refractivity contribution in [1.82, 2.24) is 15.2 Å². The lowest BCUT2D eigenvalue weighted by atomic mass is 10.2. The van der Waals surface area contributed by atoms with E-state index in [1.165, 1.54) is 0 Å². The van der Waals surface area contributed by atoms with Gasteiger partial charge in [-0.3, -0.25) is 9.79 Å². The SMILES string of the molecule is CCNC(=NCCCN1C(=O)COc2ccccc21)N1CCN(c2ccccn2)CC1. The Bertz CT molecular complexity index is 896. The van der Waals surface area contributed by atoms with Crippen molar-refractivity contribution < 1.29 is 9.53 Å². The van der Waals surface area contributed by atoms with Crippen molar-refractivity contribution in [3.05, 3.63) is 48.7 Å². The lowest BCUT2D eigenvalue weighted by Crippen LogP contribution is -2.52. The smallest absolute Gasteiger partial charge is 0.265 e. The van der Waals surface area contributed by atoms with Crippen LogP contribution < -0.4 is 19.9 Å². The maximum absolute atomic E-state index is 12.3. The first kappa shape index (κ1) is 21.0. The predicted molar refractivity (Wildman–Crippen MR) is 123 cm³/mol. The van der Waals surface area contributed by atoms with Crippen molar-refractivity contribution in [1.29, 1.82) is 0 Å². The second-order valence-electron chi connectivity index (χ2n) is 7.55. The summed E-state index contributed by atoms with van der Waals surface area (Å²) >= 11 is 0. The van der Waals surface area contributed by atoms with E-state index in [-0.39, 0.29) is 12.5 Å². The highest BCUT2D eigenvalue weighted by Gasteiger charge is 2.24. The molecular formula is C23H30N6O2. The van der Waals surface area contributed by atoms with Crippen molar-refractivity contribution in [2.24, 2.45) is 4.99 Å². The molecule has 0 aliphatic carbocycles. The van der Waals surface area contributed by atoms with Crippen LogP contribution in [0.3, 0.4) is 0 Å². The monoisotopic (exact) mass is 422 g/mol. The molecule has 0 saturated carbocycles. The van der Waals surface area contributed by atoms with Gasteiger partial charge in [0.1, 0.15) is 11.6 Å². The van der Waals surface area contributed by atoms with Crippen LogP contribution >= 0.6 is 0 Å². The highest BCUT2D eigenvalue weighted by Crippen LogP contribution is 2.31. The largest absolute Gasteiger partial charge is 0.482 e. The van der Waals surface area contributed by atoms with E-state index in [9.17, 15) is 4.79 Å². The number of amides is 1. The number of para-hydroxylation sites is 2. The molecule has 4 rings (SSSR count). The van der Waals surface area contributed by atoms with Crippen LogP contribution in [0.2, 0.25) is 0 Å². The Labute approximate surface area is 183 Å². The number of aromatic nitrogens is 1. The summed E-state index contributed by atoms with van der Waals surface area (Å²) in [6.45, 7) is 7.95. The Morgan fingerprint density at radius 2 is 1.94 bits per heavy atom. The maximum atomic E-state index is 12.3. The Kier molecular flexibility index (Phi) is 6.86. The molecule has 1 N–H and O–H groups in total. The fourth-order valence-electron chi connectivity index (χ4n) is 3.93. The number of nitrogens with zero attached hydrogens (tertiary/aromatic N) is 5. The summed E-state index contributed by atoms with van der Waals surface area (Å²) in [7, 11) is 0. The van der Waals surface area contributed by atoms with Gasteiger partial charge >= 0.3 is 0 Å². The number of hydrogen-bond acceptors (Lipinski definition) is 5. The average Bonchev–Trinajstić information content (AvgIpc) is 2.83. The minimum absolute atomic E-state index is 0.000213. The van der Waals surface area contributed by atoms with Crippen LogP contribution in [-0.2, 0) is 4.79 Å². The molecule has 31 heavy (non-hydrogen) atoms. The summed E-state index contributed by atoms with van der Waals surface area (Å²) in [6.07, 6.45) is 2.63. The number of ether oxygens (including phenoxy) is 1. The molecule has 0 bridgehead atoms. The quantitative estimate of drug-likeness (QED) is 0.436. The summed E-state index contributed by atoms with van der Waals surface area (Å²) in [5.41, 5.74) is 0.847. The molecule has 164 valence electrons. The third-order valence-corrected chi connectivity index (χ3v) is 5.50. The molecule has 0 spiro atoms. The summed E-state index contributed by atoms with van der Waals surface area (Å²) in [4.78, 5) is 28.0. The van der Waals surface area contributed by atoms with E-state index in [1.54, 1.807) is 0 Å². The zero-order chi connectivity index (χ0) is 21.5. The van der Waals surface area contributed by atoms with Crippen LogP contribution in [0.4, 0.5) is 11.5 Å². The van der Waals surface area contributed by atoms with Crippen molar-refractivity contribution in [3.63, 3.8) is 0 Å². The first-order valence-corrected chi connectivity index (χ1v) is 11.0. The van der Waals surface area contributed by atoms with Crippen molar-refractivity contribution in [2.75, 3.05) is 62.2 Å². The first-order valence-electron chi connectivity index (χ1n) is 11.0. The van der Waals surface area contributed by atoms with Gasteiger partial charge in [0.2, 0.25) is 0 Å². The van der Waals surface area contributed by atoms with Gasteiger partial charge in [0.05, 0.1) is 5.69 Å². The molecule has 1 aromatic carbocycles. The number of nitrogens with one attached hydrogen (secondary N) is 1. The molecule has 2 aliphatic rings. The average molecular weight is 423 g/mol. The number of benzene rings is 1. The molecule has 1 fully saturated rings. The van der Waals surface area contributed by atoms with Gasteiger partial charge in [0.15, 0.2) is 12.6 Å². The second kappa shape index (κ2) is 10.1. The third kappa shape index (κ3) is 5.07. The molecule has 0 radical (unpaired) electrons. The summed E-state index contributed by atoms with van der Waals surface area (Å²) < 4.78 is 5.52. The molecule has 3 heterocycles. The van der Waals surface area contributed by atoms with E-state index in [1.807, 2.05) is 47.5 Å². The zero-order valence-electron chi connectivity index (χ0n) is 18.0.